The van der Waals surface area contributed by atoms with Gasteiger partial charge in [-0.3, -0.25) is 4.79 Å². The highest BCUT2D eigenvalue weighted by Crippen LogP contribution is 2.18. The summed E-state index contributed by atoms with van der Waals surface area (Å²) in [6.07, 6.45) is 1.76. The van der Waals surface area contributed by atoms with Gasteiger partial charge in [0.25, 0.3) is 0 Å². The minimum Gasteiger partial charge on any atom is -0.464 e. The van der Waals surface area contributed by atoms with E-state index in [0.717, 1.165) is 0 Å². The van der Waals surface area contributed by atoms with Gasteiger partial charge in [-0.15, -0.1) is 0 Å². The van der Waals surface area contributed by atoms with Crippen molar-refractivity contribution in [1.82, 2.24) is 9.38 Å². The number of halogens is 1. The van der Waals surface area contributed by atoms with Crippen LogP contribution in [0.25, 0.3) is 5.52 Å². The number of ether oxygens (including phenoxy) is 1. The van der Waals surface area contributed by atoms with Gasteiger partial charge in [-0.2, -0.15) is 0 Å². The lowest BCUT2D eigenvalue weighted by atomic mass is 10.3. The molecule has 0 aliphatic heterocycles. The fraction of sp³-hybridized carbons (Fsp3) is 0.250. The van der Waals surface area contributed by atoms with E-state index in [1.54, 1.807) is 22.7 Å². The van der Waals surface area contributed by atoms with E-state index in [2.05, 4.69) is 9.72 Å². The monoisotopic (exact) mass is 266 g/mol. The second-order valence-corrected chi connectivity index (χ2v) is 4.29. The molecular weight excluding hydrogens is 256 g/mol. The maximum absolute atomic E-state index is 11.6. The summed E-state index contributed by atoms with van der Waals surface area (Å²) < 4.78 is 6.30. The molecule has 2 aromatic heterocycles. The molecule has 94 valence electrons. The number of aromatic nitrogens is 2. The van der Waals surface area contributed by atoms with Crippen LogP contribution in [0.1, 0.15) is 23.2 Å². The normalized spacial score (nSPS) is 10.6. The van der Waals surface area contributed by atoms with Gasteiger partial charge in [-0.25, -0.2) is 9.78 Å². The van der Waals surface area contributed by atoms with E-state index in [-0.39, 0.29) is 17.9 Å². The summed E-state index contributed by atoms with van der Waals surface area (Å²) in [5, 5.41) is 0.501. The predicted molar refractivity (Wildman–Crippen MR) is 65.9 cm³/mol. The van der Waals surface area contributed by atoms with Gasteiger partial charge in [0.2, 0.25) is 0 Å². The molecule has 2 aromatic rings. The van der Waals surface area contributed by atoms with Crippen LogP contribution in [0.15, 0.2) is 18.3 Å². The topological polar surface area (TPSA) is 60.7 Å². The number of nitrogens with zero attached hydrogens (tertiary/aromatic N) is 2. The van der Waals surface area contributed by atoms with E-state index in [9.17, 15) is 9.59 Å². The number of ketones is 1. The molecule has 0 saturated heterocycles. The fourth-order valence-corrected chi connectivity index (χ4v) is 1.88. The van der Waals surface area contributed by atoms with Crippen molar-refractivity contribution in [1.29, 1.82) is 0 Å². The van der Waals surface area contributed by atoms with E-state index >= 15 is 0 Å². The van der Waals surface area contributed by atoms with Crippen LogP contribution in [-0.2, 0) is 16.0 Å². The average Bonchev–Trinajstić information content (AvgIpc) is 2.66. The molecule has 0 radical (unpaired) electrons. The van der Waals surface area contributed by atoms with Gasteiger partial charge in [0.1, 0.15) is 11.6 Å². The summed E-state index contributed by atoms with van der Waals surface area (Å²) in [7, 11) is 1.29. The number of Topliss-reactive ketones (excluding diaryl/α,β-unsaturated/α-hetero) is 1. The third kappa shape index (κ3) is 2.22. The molecular formula is C12H11ClN2O3. The number of esters is 1. The summed E-state index contributed by atoms with van der Waals surface area (Å²) in [6, 6.07) is 3.33. The van der Waals surface area contributed by atoms with Gasteiger partial charge in [0.15, 0.2) is 5.69 Å². The van der Waals surface area contributed by atoms with Crippen LogP contribution in [-0.4, -0.2) is 28.2 Å². The Morgan fingerprint density at radius 2 is 2.17 bits per heavy atom. The Bertz CT molecular complexity index is 634. The van der Waals surface area contributed by atoms with E-state index in [0.29, 0.717) is 16.4 Å². The molecule has 0 aliphatic rings. The zero-order chi connectivity index (χ0) is 13.3. The number of fused-ring (bicyclic) bond motifs is 1. The summed E-state index contributed by atoms with van der Waals surface area (Å²) in [4.78, 5) is 26.9. The van der Waals surface area contributed by atoms with Crippen LogP contribution in [0.4, 0.5) is 0 Å². The van der Waals surface area contributed by atoms with Crippen molar-refractivity contribution < 1.29 is 14.3 Å². The lowest BCUT2D eigenvalue weighted by Crippen LogP contribution is -2.03. The summed E-state index contributed by atoms with van der Waals surface area (Å²) in [5.41, 5.74) is 0.757. The molecule has 2 rings (SSSR count). The van der Waals surface area contributed by atoms with Gasteiger partial charge in [0.05, 0.1) is 24.1 Å². The Labute approximate surface area is 108 Å². The van der Waals surface area contributed by atoms with E-state index in [4.69, 9.17) is 11.6 Å². The standard InChI is InChI=1S/C12H11ClN2O3/c1-7(16)5-10-14-11(12(17)18-2)9-4-3-8(13)6-15(9)10/h3-4,6H,5H2,1-2H3. The van der Waals surface area contributed by atoms with Crippen molar-refractivity contribution in [3.05, 3.63) is 34.9 Å². The van der Waals surface area contributed by atoms with Crippen molar-refractivity contribution in [2.75, 3.05) is 7.11 Å². The largest absolute Gasteiger partial charge is 0.464 e. The Hall–Kier alpha value is -1.88. The van der Waals surface area contributed by atoms with Crippen LogP contribution in [0, 0.1) is 0 Å². The van der Waals surface area contributed by atoms with Crippen molar-refractivity contribution >= 4 is 28.9 Å². The maximum atomic E-state index is 11.6. The molecule has 0 amide bonds. The zero-order valence-corrected chi connectivity index (χ0v) is 10.7. The Kier molecular flexibility index (Phi) is 3.34. The molecule has 0 spiro atoms. The first kappa shape index (κ1) is 12.6. The molecule has 0 N–H and O–H groups in total. The summed E-state index contributed by atoms with van der Waals surface area (Å²) in [6.45, 7) is 1.46. The maximum Gasteiger partial charge on any atom is 0.358 e. The minimum absolute atomic E-state index is 0.0432. The quantitative estimate of drug-likeness (QED) is 0.796. The summed E-state index contributed by atoms with van der Waals surface area (Å²) >= 11 is 5.90. The molecule has 6 heteroatoms. The van der Waals surface area contributed by atoms with Crippen molar-refractivity contribution in [2.24, 2.45) is 0 Å². The van der Waals surface area contributed by atoms with Gasteiger partial charge in [0, 0.05) is 6.20 Å². The third-order valence-corrected chi connectivity index (χ3v) is 2.68. The number of pyridine rings is 1. The van der Waals surface area contributed by atoms with Crippen LogP contribution in [0.2, 0.25) is 5.02 Å². The van der Waals surface area contributed by atoms with E-state index in [1.165, 1.54) is 14.0 Å². The summed E-state index contributed by atoms with van der Waals surface area (Å²) in [5.74, 6) is -0.108. The van der Waals surface area contributed by atoms with Crippen molar-refractivity contribution in [3.63, 3.8) is 0 Å². The smallest absolute Gasteiger partial charge is 0.358 e. The Balaban J connectivity index is 2.66. The van der Waals surface area contributed by atoms with E-state index in [1.807, 2.05) is 0 Å². The number of methoxy groups -OCH3 is 1. The second-order valence-electron chi connectivity index (χ2n) is 3.85. The highest BCUT2D eigenvalue weighted by Gasteiger charge is 2.18. The number of hydrogen-bond donors (Lipinski definition) is 0. The number of carbonyl (C=O) groups is 2. The molecule has 0 fully saturated rings. The van der Waals surface area contributed by atoms with Crippen LogP contribution < -0.4 is 0 Å². The van der Waals surface area contributed by atoms with Gasteiger partial charge >= 0.3 is 5.97 Å². The third-order valence-electron chi connectivity index (χ3n) is 2.46. The first-order valence-electron chi connectivity index (χ1n) is 5.27. The number of carbonyl (C=O) groups excluding carboxylic acids is 2. The minimum atomic E-state index is -0.537. The Morgan fingerprint density at radius 3 is 2.78 bits per heavy atom. The van der Waals surface area contributed by atoms with Crippen LogP contribution in [0.3, 0.4) is 0 Å². The van der Waals surface area contributed by atoms with Gasteiger partial charge < -0.3 is 9.14 Å². The Morgan fingerprint density at radius 1 is 1.44 bits per heavy atom. The van der Waals surface area contributed by atoms with E-state index < -0.39 is 5.97 Å². The zero-order valence-electron chi connectivity index (χ0n) is 9.94. The first-order valence-corrected chi connectivity index (χ1v) is 5.65. The second kappa shape index (κ2) is 4.78. The SMILES string of the molecule is COC(=O)c1nc(CC(C)=O)n2cc(Cl)ccc12. The first-order chi connectivity index (χ1) is 8.52. The van der Waals surface area contributed by atoms with Crippen molar-refractivity contribution in [3.8, 4) is 0 Å². The molecule has 2 heterocycles. The average molecular weight is 267 g/mol. The lowest BCUT2D eigenvalue weighted by Gasteiger charge is -1.99. The van der Waals surface area contributed by atoms with Crippen LogP contribution >= 0.6 is 11.6 Å². The van der Waals surface area contributed by atoms with Crippen LogP contribution in [0.5, 0.6) is 0 Å². The molecule has 0 saturated carbocycles. The number of hydrogen-bond acceptors (Lipinski definition) is 4. The van der Waals surface area contributed by atoms with Gasteiger partial charge in [-0.05, 0) is 19.1 Å². The highest BCUT2D eigenvalue weighted by molar-refractivity contribution is 6.30. The highest BCUT2D eigenvalue weighted by atomic mass is 35.5. The number of rotatable bonds is 3. The molecule has 0 aliphatic carbocycles. The molecule has 0 bridgehead atoms. The molecule has 0 atom stereocenters. The fourth-order valence-electron chi connectivity index (χ4n) is 1.72. The van der Waals surface area contributed by atoms with Gasteiger partial charge in [-0.1, -0.05) is 11.6 Å². The molecule has 18 heavy (non-hydrogen) atoms. The molecule has 0 unspecified atom stereocenters. The predicted octanol–water partition coefficient (Wildman–Crippen LogP) is 1.91. The number of imidazole rings is 1. The lowest BCUT2D eigenvalue weighted by molar-refractivity contribution is -0.116. The van der Waals surface area contributed by atoms with Crippen molar-refractivity contribution in [2.45, 2.75) is 13.3 Å². The molecule has 5 nitrogen and oxygen atoms in total. The molecule has 0 aromatic carbocycles.